The number of amides is 1. The molecule has 1 aromatic carbocycles. The molecule has 1 unspecified atom stereocenters. The largest absolute Gasteiger partial charge is 0.481 e. The molecular weight excluding hydrogens is 307 g/mol. The van der Waals surface area contributed by atoms with Crippen LogP contribution in [0.25, 0.3) is 0 Å². The van der Waals surface area contributed by atoms with Gasteiger partial charge in [-0.1, -0.05) is 6.07 Å². The molecule has 1 atom stereocenters. The topological polar surface area (TPSA) is 92.4 Å². The number of carbonyl (C=O) groups excluding carboxylic acids is 1. The fraction of sp³-hybridized carbons (Fsp3) is 0.273. The molecule has 0 saturated heterocycles. The van der Waals surface area contributed by atoms with Crippen LogP contribution in [-0.4, -0.2) is 23.0 Å². The van der Waals surface area contributed by atoms with Gasteiger partial charge in [0.25, 0.3) is 0 Å². The highest BCUT2D eigenvalue weighted by Gasteiger charge is 2.17. The van der Waals surface area contributed by atoms with Crippen molar-refractivity contribution in [3.8, 4) is 0 Å². The van der Waals surface area contributed by atoms with Crippen molar-refractivity contribution in [3.05, 3.63) is 28.5 Å². The van der Waals surface area contributed by atoms with Gasteiger partial charge in [-0.3, -0.25) is 9.59 Å². The van der Waals surface area contributed by atoms with Crippen molar-refractivity contribution in [1.82, 2.24) is 0 Å². The molecule has 0 radical (unpaired) electrons. The Morgan fingerprint density at radius 2 is 2.17 bits per heavy atom. The van der Waals surface area contributed by atoms with Crippen molar-refractivity contribution >= 4 is 33.5 Å². The number of benzene rings is 1. The predicted octanol–water partition coefficient (Wildman–Crippen LogP) is 1.72. The van der Waals surface area contributed by atoms with Gasteiger partial charge in [0.1, 0.15) is 5.82 Å². The lowest BCUT2D eigenvalue weighted by Gasteiger charge is -2.12. The van der Waals surface area contributed by atoms with E-state index in [4.69, 9.17) is 10.8 Å². The van der Waals surface area contributed by atoms with Crippen molar-refractivity contribution < 1.29 is 19.1 Å². The fourth-order valence-corrected chi connectivity index (χ4v) is 1.68. The van der Waals surface area contributed by atoms with E-state index < -0.39 is 23.7 Å². The number of nitrogens with one attached hydrogen (secondary N) is 1. The minimum atomic E-state index is -1.04. The Bertz CT molecular complexity index is 447. The zero-order chi connectivity index (χ0) is 13.7. The van der Waals surface area contributed by atoms with E-state index >= 15 is 0 Å². The van der Waals surface area contributed by atoms with Gasteiger partial charge >= 0.3 is 5.97 Å². The predicted molar refractivity (Wildman–Crippen MR) is 67.6 cm³/mol. The molecular formula is C11H12BrFN2O3. The summed E-state index contributed by atoms with van der Waals surface area (Å²) < 4.78 is 13.8. The third-order valence-corrected chi connectivity index (χ3v) is 2.88. The molecule has 0 aromatic heterocycles. The van der Waals surface area contributed by atoms with Gasteiger partial charge in [0.2, 0.25) is 5.91 Å². The summed E-state index contributed by atoms with van der Waals surface area (Å²) in [5.74, 6) is -2.25. The third kappa shape index (κ3) is 4.08. The molecule has 0 bridgehead atoms. The standard InChI is InChI=1S/C11H12BrFN2O3/c12-6-2-1-3-7(13)10(6)15-11(18)8(14)4-5-9(16)17/h1-3,8H,4-5,14H2,(H,15,18)(H,16,17). The van der Waals surface area contributed by atoms with Crippen molar-refractivity contribution in [1.29, 1.82) is 0 Å². The lowest BCUT2D eigenvalue weighted by molar-refractivity contribution is -0.137. The van der Waals surface area contributed by atoms with Gasteiger partial charge < -0.3 is 16.2 Å². The fourth-order valence-electron chi connectivity index (χ4n) is 1.24. The number of halogens is 2. The Kier molecular flexibility index (Phi) is 5.24. The summed E-state index contributed by atoms with van der Waals surface area (Å²) in [6.45, 7) is 0. The van der Waals surface area contributed by atoms with Gasteiger partial charge in [0.05, 0.1) is 11.7 Å². The zero-order valence-electron chi connectivity index (χ0n) is 9.32. The Labute approximate surface area is 111 Å². The second-order valence-electron chi connectivity index (χ2n) is 3.62. The summed E-state index contributed by atoms with van der Waals surface area (Å²) in [5.41, 5.74) is 5.49. The minimum absolute atomic E-state index is 0.00623. The lowest BCUT2D eigenvalue weighted by atomic mass is 10.1. The number of para-hydroxylation sites is 1. The highest BCUT2D eigenvalue weighted by atomic mass is 79.9. The molecule has 0 aliphatic heterocycles. The van der Waals surface area contributed by atoms with Crippen LogP contribution < -0.4 is 11.1 Å². The average molecular weight is 319 g/mol. The smallest absolute Gasteiger partial charge is 0.303 e. The van der Waals surface area contributed by atoms with Crippen LogP contribution in [0, 0.1) is 5.82 Å². The first-order chi connectivity index (χ1) is 8.41. The summed E-state index contributed by atoms with van der Waals surface area (Å²) in [6, 6.07) is 3.26. The van der Waals surface area contributed by atoms with Crippen molar-refractivity contribution in [2.24, 2.45) is 5.73 Å². The van der Waals surface area contributed by atoms with Crippen molar-refractivity contribution in [3.63, 3.8) is 0 Å². The van der Waals surface area contributed by atoms with Crippen LogP contribution in [0.4, 0.5) is 10.1 Å². The third-order valence-electron chi connectivity index (χ3n) is 2.22. The van der Waals surface area contributed by atoms with E-state index in [1.165, 1.54) is 12.1 Å². The van der Waals surface area contributed by atoms with Gasteiger partial charge in [-0.15, -0.1) is 0 Å². The molecule has 0 heterocycles. The second kappa shape index (κ2) is 6.46. The van der Waals surface area contributed by atoms with Crippen LogP contribution in [-0.2, 0) is 9.59 Å². The first-order valence-electron chi connectivity index (χ1n) is 5.14. The molecule has 7 heteroatoms. The Balaban J connectivity index is 2.67. The molecule has 1 rings (SSSR count). The first kappa shape index (κ1) is 14.6. The summed E-state index contributed by atoms with van der Waals surface area (Å²) in [4.78, 5) is 22.0. The number of hydrogen-bond acceptors (Lipinski definition) is 3. The van der Waals surface area contributed by atoms with Crippen LogP contribution in [0.15, 0.2) is 22.7 Å². The average Bonchev–Trinajstić information content (AvgIpc) is 2.30. The maximum absolute atomic E-state index is 13.4. The molecule has 98 valence electrons. The Morgan fingerprint density at radius 3 is 2.72 bits per heavy atom. The maximum atomic E-state index is 13.4. The number of carbonyl (C=O) groups is 2. The minimum Gasteiger partial charge on any atom is -0.481 e. The van der Waals surface area contributed by atoms with Crippen molar-refractivity contribution in [2.75, 3.05) is 5.32 Å². The number of anilines is 1. The number of hydrogen-bond donors (Lipinski definition) is 3. The molecule has 18 heavy (non-hydrogen) atoms. The quantitative estimate of drug-likeness (QED) is 0.770. The Morgan fingerprint density at radius 1 is 1.50 bits per heavy atom. The number of rotatable bonds is 5. The van der Waals surface area contributed by atoms with Crippen molar-refractivity contribution in [2.45, 2.75) is 18.9 Å². The van der Waals surface area contributed by atoms with E-state index in [0.717, 1.165) is 0 Å². The summed E-state index contributed by atoms with van der Waals surface area (Å²) in [6.07, 6.45) is -0.222. The molecule has 1 amide bonds. The lowest BCUT2D eigenvalue weighted by Crippen LogP contribution is -2.36. The normalized spacial score (nSPS) is 11.9. The van der Waals surface area contributed by atoms with E-state index in [1.807, 2.05) is 0 Å². The van der Waals surface area contributed by atoms with Gasteiger partial charge in [0.15, 0.2) is 0 Å². The number of carboxylic acid groups (broad SMARTS) is 1. The summed E-state index contributed by atoms with van der Waals surface area (Å²) >= 11 is 3.10. The number of aliphatic carboxylic acids is 1. The molecule has 5 nitrogen and oxygen atoms in total. The molecule has 0 spiro atoms. The Hall–Kier alpha value is -1.47. The molecule has 4 N–H and O–H groups in total. The zero-order valence-corrected chi connectivity index (χ0v) is 10.9. The van der Waals surface area contributed by atoms with E-state index in [9.17, 15) is 14.0 Å². The summed E-state index contributed by atoms with van der Waals surface area (Å²) in [5, 5.41) is 10.8. The summed E-state index contributed by atoms with van der Waals surface area (Å²) in [7, 11) is 0. The SMILES string of the molecule is NC(CCC(=O)O)C(=O)Nc1c(F)cccc1Br. The highest BCUT2D eigenvalue weighted by molar-refractivity contribution is 9.10. The molecule has 0 fully saturated rings. The molecule has 0 aliphatic carbocycles. The van der Waals surface area contributed by atoms with Crippen LogP contribution >= 0.6 is 15.9 Å². The van der Waals surface area contributed by atoms with Gasteiger partial charge in [-0.25, -0.2) is 4.39 Å². The number of nitrogens with two attached hydrogens (primary N) is 1. The first-order valence-corrected chi connectivity index (χ1v) is 5.93. The second-order valence-corrected chi connectivity index (χ2v) is 4.48. The van der Waals surface area contributed by atoms with Crippen LogP contribution in [0.5, 0.6) is 0 Å². The van der Waals surface area contributed by atoms with E-state index in [1.54, 1.807) is 6.07 Å². The van der Waals surface area contributed by atoms with Gasteiger partial charge in [0, 0.05) is 10.9 Å². The van der Waals surface area contributed by atoms with Crippen LogP contribution in [0.2, 0.25) is 0 Å². The van der Waals surface area contributed by atoms with E-state index in [-0.39, 0.29) is 18.5 Å². The van der Waals surface area contributed by atoms with E-state index in [0.29, 0.717) is 4.47 Å². The molecule has 0 saturated carbocycles. The van der Waals surface area contributed by atoms with E-state index in [2.05, 4.69) is 21.2 Å². The number of carboxylic acids is 1. The maximum Gasteiger partial charge on any atom is 0.303 e. The van der Waals surface area contributed by atoms with Crippen LogP contribution in [0.3, 0.4) is 0 Å². The molecule has 1 aromatic rings. The highest BCUT2D eigenvalue weighted by Crippen LogP contribution is 2.25. The van der Waals surface area contributed by atoms with Gasteiger partial charge in [-0.05, 0) is 34.5 Å². The van der Waals surface area contributed by atoms with Gasteiger partial charge in [-0.2, -0.15) is 0 Å². The monoisotopic (exact) mass is 318 g/mol. The van der Waals surface area contributed by atoms with Crippen LogP contribution in [0.1, 0.15) is 12.8 Å². The molecule has 0 aliphatic rings.